The van der Waals surface area contributed by atoms with Crippen LogP contribution in [0, 0.1) is 13.8 Å². The van der Waals surface area contributed by atoms with Crippen molar-refractivity contribution in [1.82, 2.24) is 4.90 Å². The molecular weight excluding hydrogens is 494 g/mol. The van der Waals surface area contributed by atoms with Gasteiger partial charge in [0.25, 0.3) is 11.1 Å². The van der Waals surface area contributed by atoms with E-state index in [1.807, 2.05) is 44.2 Å². The molecule has 2 aromatic carbocycles. The lowest BCUT2D eigenvalue weighted by molar-refractivity contribution is -0.127. The molecule has 2 aliphatic rings. The normalized spacial score (nSPS) is 18.0. The number of carbonyl (C=O) groups is 3. The number of carbonyl (C=O) groups excluding carboxylic acids is 3. The molecule has 0 aromatic heterocycles. The van der Waals surface area contributed by atoms with Gasteiger partial charge in [-0.25, -0.2) is 0 Å². The maximum Gasteiger partial charge on any atom is 0.294 e. The zero-order chi connectivity index (χ0) is 26.4. The van der Waals surface area contributed by atoms with E-state index < -0.39 is 17.1 Å². The number of halogens is 1. The third-order valence-corrected chi connectivity index (χ3v) is 7.76. The van der Waals surface area contributed by atoms with Gasteiger partial charge < -0.3 is 10.2 Å². The lowest BCUT2D eigenvalue weighted by atomic mass is 9.88. The van der Waals surface area contributed by atoms with E-state index in [4.69, 9.17) is 11.6 Å². The van der Waals surface area contributed by atoms with E-state index in [2.05, 4.69) is 44.0 Å². The van der Waals surface area contributed by atoms with E-state index in [0.717, 1.165) is 51.2 Å². The van der Waals surface area contributed by atoms with Gasteiger partial charge in [-0.15, -0.1) is 0 Å². The average Bonchev–Trinajstić information content (AvgIpc) is 3.04. The molecule has 0 radical (unpaired) electrons. The van der Waals surface area contributed by atoms with Gasteiger partial charge in [0.2, 0.25) is 5.91 Å². The maximum atomic E-state index is 13.0. The summed E-state index contributed by atoms with van der Waals surface area (Å²) in [6.07, 6.45) is 3.86. The second-order valence-electron chi connectivity index (χ2n) is 9.75. The van der Waals surface area contributed by atoms with Gasteiger partial charge in [-0.1, -0.05) is 35.4 Å². The van der Waals surface area contributed by atoms with Gasteiger partial charge in [-0.2, -0.15) is 0 Å². The molecule has 36 heavy (non-hydrogen) atoms. The Balaban J connectivity index is 1.56. The molecule has 2 aliphatic heterocycles. The molecule has 0 atom stereocenters. The van der Waals surface area contributed by atoms with Crippen LogP contribution in [0.4, 0.5) is 16.2 Å². The maximum absolute atomic E-state index is 13.0. The number of hydrogen-bond donors (Lipinski definition) is 1. The Bertz CT molecular complexity index is 1350. The Kier molecular flexibility index (Phi) is 7.08. The minimum absolute atomic E-state index is 0.142. The van der Waals surface area contributed by atoms with E-state index in [1.54, 1.807) is 6.08 Å². The number of imide groups is 1. The molecule has 0 aliphatic carbocycles. The zero-order valence-electron chi connectivity index (χ0n) is 21.4. The first kappa shape index (κ1) is 26.0. The van der Waals surface area contributed by atoms with E-state index in [9.17, 15) is 14.4 Å². The molecule has 0 unspecified atom stereocenters. The topological polar surface area (TPSA) is 69.7 Å². The Labute approximate surface area is 221 Å². The third-order valence-electron chi connectivity index (χ3n) is 6.53. The number of thioether (sulfide) groups is 1. The number of nitrogens with zero attached hydrogens (tertiary/aromatic N) is 2. The SMILES string of the molecule is CCN1c2cc(Cl)c(/C=C3/SC(=O)N(CC(=O)Nc4ccc(C)cc4C)C3=O)cc2C(C)=CC1(C)C. The van der Waals surface area contributed by atoms with Crippen LogP contribution >= 0.6 is 23.4 Å². The van der Waals surface area contributed by atoms with Crippen molar-refractivity contribution >= 4 is 63.4 Å². The van der Waals surface area contributed by atoms with Crippen LogP contribution in [0.15, 0.2) is 41.3 Å². The number of anilines is 2. The van der Waals surface area contributed by atoms with Crippen LogP contribution in [0.1, 0.15) is 49.9 Å². The van der Waals surface area contributed by atoms with Crippen molar-refractivity contribution in [2.24, 2.45) is 0 Å². The summed E-state index contributed by atoms with van der Waals surface area (Å²) < 4.78 is 0. The van der Waals surface area contributed by atoms with Gasteiger partial charge >= 0.3 is 0 Å². The van der Waals surface area contributed by atoms with Gasteiger partial charge in [0.05, 0.1) is 10.4 Å². The second kappa shape index (κ2) is 9.79. The Hall–Kier alpha value is -3.03. The Morgan fingerprint density at radius 1 is 1.14 bits per heavy atom. The molecule has 0 bridgehead atoms. The molecule has 1 saturated heterocycles. The summed E-state index contributed by atoms with van der Waals surface area (Å²) in [4.78, 5) is 41.7. The van der Waals surface area contributed by atoms with E-state index >= 15 is 0 Å². The van der Waals surface area contributed by atoms with Crippen molar-refractivity contribution in [3.8, 4) is 0 Å². The van der Waals surface area contributed by atoms with Crippen LogP contribution in [-0.2, 0) is 9.59 Å². The highest BCUT2D eigenvalue weighted by Gasteiger charge is 2.37. The number of benzene rings is 2. The zero-order valence-corrected chi connectivity index (χ0v) is 22.9. The summed E-state index contributed by atoms with van der Waals surface area (Å²) in [6, 6.07) is 9.55. The lowest BCUT2D eigenvalue weighted by Crippen LogP contribution is -2.44. The molecule has 0 saturated carbocycles. The fourth-order valence-electron chi connectivity index (χ4n) is 4.87. The number of likely N-dealkylation sites (N-methyl/N-ethyl adjacent to an activating group) is 1. The summed E-state index contributed by atoms with van der Waals surface area (Å²) in [6.45, 7) is 12.8. The Morgan fingerprint density at radius 3 is 2.53 bits per heavy atom. The number of nitrogens with one attached hydrogen (secondary N) is 1. The van der Waals surface area contributed by atoms with Crippen molar-refractivity contribution < 1.29 is 14.4 Å². The average molecular weight is 524 g/mol. The summed E-state index contributed by atoms with van der Waals surface area (Å²) in [5, 5.41) is 2.81. The number of amides is 3. The Morgan fingerprint density at radius 2 is 1.86 bits per heavy atom. The summed E-state index contributed by atoms with van der Waals surface area (Å²) in [5.74, 6) is -0.932. The van der Waals surface area contributed by atoms with Gasteiger partial charge in [-0.05, 0) is 94.3 Å². The van der Waals surface area contributed by atoms with Gasteiger partial charge in [0.15, 0.2) is 0 Å². The molecule has 2 heterocycles. The van der Waals surface area contributed by atoms with Gasteiger partial charge in [0, 0.05) is 28.5 Å². The second-order valence-corrected chi connectivity index (χ2v) is 11.2. The largest absolute Gasteiger partial charge is 0.363 e. The molecular formula is C28H30ClN3O3S. The van der Waals surface area contributed by atoms with Gasteiger partial charge in [-0.3, -0.25) is 19.3 Å². The van der Waals surface area contributed by atoms with E-state index in [-0.39, 0.29) is 17.0 Å². The van der Waals surface area contributed by atoms with Crippen molar-refractivity contribution in [3.63, 3.8) is 0 Å². The van der Waals surface area contributed by atoms with E-state index in [0.29, 0.717) is 16.3 Å². The van der Waals surface area contributed by atoms with Gasteiger partial charge in [0.1, 0.15) is 6.54 Å². The lowest BCUT2D eigenvalue weighted by Gasteiger charge is -2.43. The van der Waals surface area contributed by atoms with Crippen LogP contribution in [0.3, 0.4) is 0 Å². The molecule has 6 nitrogen and oxygen atoms in total. The standard InChI is InChI=1S/C28H30ClN3O3S/c1-7-32-23-13-21(29)19(11-20(23)18(4)14-28(32,5)6)12-24-26(34)31(27(35)36-24)15-25(33)30-22-9-8-16(2)10-17(22)3/h8-14H,7,15H2,1-6H3,(H,30,33)/b24-12+. The predicted molar refractivity (Wildman–Crippen MR) is 149 cm³/mol. The predicted octanol–water partition coefficient (Wildman–Crippen LogP) is 6.65. The quantitative estimate of drug-likeness (QED) is 0.444. The molecule has 3 amide bonds. The number of allylic oxidation sites excluding steroid dienone is 1. The summed E-state index contributed by atoms with van der Waals surface area (Å²) in [7, 11) is 0. The molecule has 8 heteroatoms. The molecule has 4 rings (SSSR count). The third kappa shape index (κ3) is 4.95. The summed E-state index contributed by atoms with van der Waals surface area (Å²) >= 11 is 7.47. The number of fused-ring (bicyclic) bond motifs is 1. The van der Waals surface area contributed by atoms with Crippen LogP contribution in [-0.4, -0.2) is 40.6 Å². The van der Waals surface area contributed by atoms with Crippen LogP contribution in [0.5, 0.6) is 0 Å². The van der Waals surface area contributed by atoms with Crippen molar-refractivity contribution in [3.05, 3.63) is 68.6 Å². The highest BCUT2D eigenvalue weighted by atomic mass is 35.5. The minimum atomic E-state index is -0.502. The van der Waals surface area contributed by atoms with Crippen LogP contribution in [0.2, 0.25) is 5.02 Å². The monoisotopic (exact) mass is 523 g/mol. The molecule has 2 aromatic rings. The van der Waals surface area contributed by atoms with Crippen molar-refractivity contribution in [1.29, 1.82) is 0 Å². The molecule has 0 spiro atoms. The van der Waals surface area contributed by atoms with Crippen LogP contribution < -0.4 is 10.2 Å². The van der Waals surface area contributed by atoms with Crippen LogP contribution in [0.25, 0.3) is 11.6 Å². The van der Waals surface area contributed by atoms with Crippen molar-refractivity contribution in [2.45, 2.75) is 47.1 Å². The fourth-order valence-corrected chi connectivity index (χ4v) is 5.91. The highest BCUT2D eigenvalue weighted by molar-refractivity contribution is 8.18. The molecule has 1 N–H and O–H groups in total. The first-order valence-electron chi connectivity index (χ1n) is 11.8. The van der Waals surface area contributed by atoms with Crippen molar-refractivity contribution in [2.75, 3.05) is 23.3 Å². The fraction of sp³-hybridized carbons (Fsp3) is 0.321. The molecule has 188 valence electrons. The van der Waals surface area contributed by atoms with E-state index in [1.165, 1.54) is 0 Å². The smallest absolute Gasteiger partial charge is 0.294 e. The highest BCUT2D eigenvalue weighted by Crippen LogP contribution is 2.42. The first-order valence-corrected chi connectivity index (χ1v) is 13.0. The number of hydrogen-bond acceptors (Lipinski definition) is 5. The molecule has 1 fully saturated rings. The number of rotatable bonds is 5. The summed E-state index contributed by atoms with van der Waals surface area (Å²) in [5.41, 5.74) is 6.37. The minimum Gasteiger partial charge on any atom is -0.363 e. The number of aryl methyl sites for hydroxylation is 2. The first-order chi connectivity index (χ1) is 16.9.